The number of benzene rings is 3. The summed E-state index contributed by atoms with van der Waals surface area (Å²) in [6.07, 6.45) is -2.15. The van der Waals surface area contributed by atoms with Crippen molar-refractivity contribution in [2.75, 3.05) is 17.8 Å². The highest BCUT2D eigenvalue weighted by molar-refractivity contribution is 7.58. The van der Waals surface area contributed by atoms with Crippen molar-refractivity contribution in [3.05, 3.63) is 102 Å². The lowest BCUT2D eigenvalue weighted by Gasteiger charge is -2.21. The van der Waals surface area contributed by atoms with E-state index in [9.17, 15) is 28.9 Å². The standard InChI is InChI=1S/C28H32N5O7P/c29-27(30)32-22-13-7-12-21(15-22)23(26(35)36)17-41(38,39)18-31-25(34)24(14-19-8-3-1-4-9-19)33-28(37)40-16-20-10-5-2-6-11-20/h1-13,15,23-24H,14,16-18H2,(H,31,34)(H,33,37)(H,35,36)(H,38,39)(H4,29,30,32). The van der Waals surface area contributed by atoms with Crippen molar-refractivity contribution >= 4 is 37.0 Å². The van der Waals surface area contributed by atoms with Gasteiger partial charge in [0.05, 0.1) is 12.2 Å². The number of carboxylic acids is 1. The first-order chi connectivity index (χ1) is 19.5. The molecule has 0 heterocycles. The summed E-state index contributed by atoms with van der Waals surface area (Å²) in [6.45, 7) is -0.0160. The Kier molecular flexibility index (Phi) is 11.0. The molecule has 0 aromatic heterocycles. The molecule has 216 valence electrons. The average molecular weight is 582 g/mol. The summed E-state index contributed by atoms with van der Waals surface area (Å²) < 4.78 is 18.3. The van der Waals surface area contributed by atoms with Crippen LogP contribution in [0.5, 0.6) is 0 Å². The molecule has 3 aromatic carbocycles. The van der Waals surface area contributed by atoms with Crippen LogP contribution in [0.15, 0.2) is 84.9 Å². The van der Waals surface area contributed by atoms with Gasteiger partial charge in [-0.25, -0.2) is 4.79 Å². The van der Waals surface area contributed by atoms with Crippen LogP contribution in [0.3, 0.4) is 0 Å². The van der Waals surface area contributed by atoms with Gasteiger partial charge in [0.15, 0.2) is 5.96 Å². The van der Waals surface area contributed by atoms with Gasteiger partial charge in [-0.2, -0.15) is 0 Å². The number of carboxylic acid groups (broad SMARTS) is 1. The number of nitrogens with one attached hydrogen (secondary N) is 4. The molecule has 12 nitrogen and oxygen atoms in total. The zero-order valence-corrected chi connectivity index (χ0v) is 22.9. The largest absolute Gasteiger partial charge is 0.481 e. The molecule has 8 N–H and O–H groups in total. The highest BCUT2D eigenvalue weighted by Crippen LogP contribution is 2.44. The minimum Gasteiger partial charge on any atom is -0.481 e. The molecule has 0 saturated carbocycles. The first-order valence-electron chi connectivity index (χ1n) is 12.6. The van der Waals surface area contributed by atoms with Gasteiger partial charge in [-0.1, -0.05) is 72.8 Å². The molecule has 3 atom stereocenters. The first-order valence-corrected chi connectivity index (χ1v) is 14.6. The molecule has 0 bridgehead atoms. The maximum Gasteiger partial charge on any atom is 0.408 e. The molecule has 0 saturated heterocycles. The number of carbonyl (C=O) groups is 3. The summed E-state index contributed by atoms with van der Waals surface area (Å²) in [7, 11) is -4.22. The number of amides is 2. The summed E-state index contributed by atoms with van der Waals surface area (Å²) in [4.78, 5) is 48.2. The van der Waals surface area contributed by atoms with Crippen LogP contribution in [0, 0.1) is 5.41 Å². The van der Waals surface area contributed by atoms with E-state index in [0.29, 0.717) is 5.69 Å². The van der Waals surface area contributed by atoms with E-state index < -0.39 is 49.7 Å². The summed E-state index contributed by atoms with van der Waals surface area (Å²) in [5.74, 6) is -3.80. The van der Waals surface area contributed by atoms with Crippen LogP contribution in [0.4, 0.5) is 10.5 Å². The van der Waals surface area contributed by atoms with Crippen LogP contribution in [0.1, 0.15) is 22.6 Å². The Morgan fingerprint density at radius 2 is 1.59 bits per heavy atom. The Labute approximate surface area is 236 Å². The van der Waals surface area contributed by atoms with E-state index in [1.807, 2.05) is 6.07 Å². The Morgan fingerprint density at radius 3 is 2.20 bits per heavy atom. The second-order valence-electron chi connectivity index (χ2n) is 9.23. The van der Waals surface area contributed by atoms with Crippen LogP contribution < -0.4 is 21.7 Å². The summed E-state index contributed by atoms with van der Waals surface area (Å²) in [5, 5.41) is 24.5. The maximum absolute atomic E-state index is 13.1. The van der Waals surface area contributed by atoms with Crippen LogP contribution in [-0.4, -0.2) is 52.4 Å². The summed E-state index contributed by atoms with van der Waals surface area (Å²) in [5.41, 5.74) is 7.37. The minimum absolute atomic E-state index is 0.0160. The molecule has 0 spiro atoms. The van der Waals surface area contributed by atoms with Crippen molar-refractivity contribution in [1.29, 1.82) is 5.41 Å². The molecular weight excluding hydrogens is 549 g/mol. The number of guanidine groups is 1. The van der Waals surface area contributed by atoms with E-state index in [2.05, 4.69) is 16.0 Å². The Balaban J connectivity index is 1.67. The van der Waals surface area contributed by atoms with Crippen molar-refractivity contribution in [3.8, 4) is 0 Å². The van der Waals surface area contributed by atoms with E-state index >= 15 is 0 Å². The fourth-order valence-electron chi connectivity index (χ4n) is 3.96. The minimum atomic E-state index is -4.22. The normalized spacial score (nSPS) is 13.6. The molecule has 0 aliphatic carbocycles. The topological polar surface area (TPSA) is 204 Å². The maximum atomic E-state index is 13.1. The Hall–Kier alpha value is -4.67. The molecule has 3 unspecified atom stereocenters. The van der Waals surface area contributed by atoms with E-state index in [4.69, 9.17) is 15.9 Å². The van der Waals surface area contributed by atoms with E-state index in [-0.39, 0.29) is 24.6 Å². The van der Waals surface area contributed by atoms with Crippen molar-refractivity contribution in [2.24, 2.45) is 5.73 Å². The highest BCUT2D eigenvalue weighted by Gasteiger charge is 2.32. The van der Waals surface area contributed by atoms with Gasteiger partial charge in [0.25, 0.3) is 0 Å². The third-order valence-electron chi connectivity index (χ3n) is 5.94. The number of anilines is 1. The SMILES string of the molecule is N=C(N)Nc1cccc(C(CP(=O)(O)CNC(=O)C(Cc2ccccc2)NC(=O)OCc2ccccc2)C(=O)O)c1. The van der Waals surface area contributed by atoms with Gasteiger partial charge >= 0.3 is 12.1 Å². The van der Waals surface area contributed by atoms with Crippen LogP contribution >= 0.6 is 7.37 Å². The van der Waals surface area contributed by atoms with Crippen molar-refractivity contribution in [1.82, 2.24) is 10.6 Å². The molecule has 13 heteroatoms. The van der Waals surface area contributed by atoms with E-state index in [1.54, 1.807) is 60.7 Å². The van der Waals surface area contributed by atoms with Crippen LogP contribution in [0.2, 0.25) is 0 Å². The number of aliphatic carboxylic acids is 1. The number of hydrogen-bond acceptors (Lipinski definition) is 6. The molecule has 0 aliphatic heterocycles. The fourth-order valence-corrected chi connectivity index (χ4v) is 5.42. The van der Waals surface area contributed by atoms with Crippen LogP contribution in [0.25, 0.3) is 0 Å². The van der Waals surface area contributed by atoms with Gasteiger partial charge in [-0.15, -0.1) is 0 Å². The molecule has 3 aromatic rings. The zero-order valence-electron chi connectivity index (χ0n) is 22.0. The van der Waals surface area contributed by atoms with Gasteiger partial charge in [0.2, 0.25) is 13.3 Å². The quantitative estimate of drug-likeness (QED) is 0.0899. The summed E-state index contributed by atoms with van der Waals surface area (Å²) >= 11 is 0. The van der Waals surface area contributed by atoms with Crippen LogP contribution in [-0.2, 0) is 31.9 Å². The average Bonchev–Trinajstić information content (AvgIpc) is 2.94. The van der Waals surface area contributed by atoms with Crippen molar-refractivity contribution in [3.63, 3.8) is 0 Å². The number of rotatable bonds is 13. The van der Waals surface area contributed by atoms with Gasteiger partial charge < -0.3 is 36.4 Å². The lowest BCUT2D eigenvalue weighted by molar-refractivity contribution is -0.138. The fraction of sp³-hybridized carbons (Fsp3) is 0.214. The highest BCUT2D eigenvalue weighted by atomic mass is 31.2. The lowest BCUT2D eigenvalue weighted by atomic mass is 10.0. The predicted molar refractivity (Wildman–Crippen MR) is 154 cm³/mol. The molecule has 0 fully saturated rings. The van der Waals surface area contributed by atoms with Gasteiger partial charge in [0, 0.05) is 18.3 Å². The molecule has 0 aliphatic rings. The monoisotopic (exact) mass is 581 g/mol. The lowest BCUT2D eigenvalue weighted by Crippen LogP contribution is -2.48. The first kappa shape index (κ1) is 30.9. The molecule has 0 radical (unpaired) electrons. The molecule has 3 rings (SSSR count). The Morgan fingerprint density at radius 1 is 0.951 bits per heavy atom. The predicted octanol–water partition coefficient (Wildman–Crippen LogP) is 3.04. The third kappa shape index (κ3) is 10.4. The van der Waals surface area contributed by atoms with Crippen molar-refractivity contribution < 1.29 is 33.7 Å². The van der Waals surface area contributed by atoms with Gasteiger partial charge in [0.1, 0.15) is 12.6 Å². The van der Waals surface area contributed by atoms with E-state index in [1.165, 1.54) is 18.2 Å². The number of alkyl carbamates (subject to hydrolysis) is 1. The zero-order chi connectivity index (χ0) is 29.8. The number of hydrogen-bond donors (Lipinski definition) is 7. The third-order valence-corrected chi connectivity index (χ3v) is 7.53. The number of carbonyl (C=O) groups excluding carboxylic acids is 2. The smallest absolute Gasteiger partial charge is 0.408 e. The van der Waals surface area contributed by atoms with Gasteiger partial charge in [-0.3, -0.25) is 19.6 Å². The van der Waals surface area contributed by atoms with Crippen molar-refractivity contribution in [2.45, 2.75) is 25.0 Å². The van der Waals surface area contributed by atoms with E-state index in [0.717, 1.165) is 11.1 Å². The number of ether oxygens (including phenoxy) is 1. The molecule has 41 heavy (non-hydrogen) atoms. The van der Waals surface area contributed by atoms with Gasteiger partial charge in [-0.05, 0) is 28.8 Å². The molecule has 2 amide bonds. The second-order valence-corrected chi connectivity index (χ2v) is 11.6. The second kappa shape index (κ2) is 14.6. The Bertz CT molecular complexity index is 1410. The summed E-state index contributed by atoms with van der Waals surface area (Å²) in [6, 6.07) is 22.7. The molecular formula is C28H32N5O7P. The number of nitrogens with two attached hydrogens (primary N) is 1.